The highest BCUT2D eigenvalue weighted by atomic mass is 16.8. The molecule has 0 amide bonds. The number of hydrogen-bond acceptors (Lipinski definition) is 13. The molecule has 0 bridgehead atoms. The molecule has 0 aromatic heterocycles. The molecule has 2 saturated heterocycles. The van der Waals surface area contributed by atoms with Crippen molar-refractivity contribution in [1.82, 2.24) is 0 Å². The van der Waals surface area contributed by atoms with Crippen LogP contribution >= 0.6 is 0 Å². The topological polar surface area (TPSA) is 202 Å². The van der Waals surface area contributed by atoms with E-state index in [4.69, 9.17) is 23.7 Å². The minimum atomic E-state index is -1.89. The number of esters is 2. The van der Waals surface area contributed by atoms with Crippen LogP contribution in [0.2, 0.25) is 0 Å². The van der Waals surface area contributed by atoms with Gasteiger partial charge in [-0.05, 0) is 72.8 Å². The second kappa shape index (κ2) is 18.3. The first-order valence-corrected chi connectivity index (χ1v) is 17.3. The van der Waals surface area contributed by atoms with E-state index in [9.17, 15) is 40.2 Å². The molecule has 0 unspecified atom stereocenters. The maximum atomic E-state index is 12.8. The van der Waals surface area contributed by atoms with E-state index in [-0.39, 0.29) is 11.1 Å². The Morgan fingerprint density at radius 1 is 0.455 bits per heavy atom. The lowest BCUT2D eigenvalue weighted by atomic mass is 9.98. The monoisotopic (exact) mass is 750 g/mol. The lowest BCUT2D eigenvalue weighted by Gasteiger charge is -2.44. The van der Waals surface area contributed by atoms with Gasteiger partial charge in [-0.15, -0.1) is 0 Å². The molecule has 13 heteroatoms. The number of ether oxygens (including phenoxy) is 5. The average Bonchev–Trinajstić information content (AvgIpc) is 3.22. The molecule has 2 heterocycles. The van der Waals surface area contributed by atoms with E-state index >= 15 is 0 Å². The van der Waals surface area contributed by atoms with Crippen LogP contribution in [0.3, 0.4) is 0 Å². The van der Waals surface area contributed by atoms with E-state index in [0.717, 1.165) is 11.1 Å². The third kappa shape index (κ3) is 10.0. The summed E-state index contributed by atoms with van der Waals surface area (Å²) < 4.78 is 27.4. The van der Waals surface area contributed by atoms with Gasteiger partial charge in [-0.25, -0.2) is 9.59 Å². The minimum Gasteiger partial charge on any atom is -0.459 e. The number of carbonyl (C=O) groups is 2. The van der Waals surface area contributed by atoms with E-state index in [2.05, 4.69) is 23.7 Å². The molecule has 6 rings (SSSR count). The molecular weight excluding hydrogens is 712 g/mol. The highest BCUT2D eigenvalue weighted by Gasteiger charge is 2.50. The van der Waals surface area contributed by atoms with Crippen LogP contribution in [-0.2, 0) is 23.7 Å². The zero-order valence-corrected chi connectivity index (χ0v) is 29.1. The molecule has 55 heavy (non-hydrogen) atoms. The molecule has 2 aliphatic heterocycles. The van der Waals surface area contributed by atoms with Crippen molar-refractivity contribution in [1.29, 1.82) is 0 Å². The van der Waals surface area contributed by atoms with Gasteiger partial charge in [-0.2, -0.15) is 0 Å². The predicted octanol–water partition coefficient (Wildman–Crippen LogP) is 1.13. The van der Waals surface area contributed by atoms with E-state index in [1.165, 1.54) is 24.3 Å². The van der Waals surface area contributed by atoms with E-state index in [1.54, 1.807) is 24.3 Å². The molecule has 13 nitrogen and oxygen atoms in total. The van der Waals surface area contributed by atoms with Crippen LogP contribution in [0.25, 0.3) is 0 Å². The fourth-order valence-electron chi connectivity index (χ4n) is 5.66. The van der Waals surface area contributed by atoms with Crippen LogP contribution in [0, 0.1) is 23.7 Å². The van der Waals surface area contributed by atoms with Gasteiger partial charge in [-0.3, -0.25) is 0 Å². The molecule has 0 spiro atoms. The average molecular weight is 751 g/mol. The number of benzene rings is 4. The van der Waals surface area contributed by atoms with Crippen molar-refractivity contribution in [2.24, 2.45) is 0 Å². The number of aliphatic hydroxyl groups excluding tert-OH is 6. The largest absolute Gasteiger partial charge is 0.459 e. The Hall–Kier alpha value is -5.42. The van der Waals surface area contributed by atoms with Gasteiger partial charge in [0.05, 0.1) is 11.1 Å². The summed E-state index contributed by atoms with van der Waals surface area (Å²) in [5, 5.41) is 63.5. The molecule has 4 aromatic carbocycles. The van der Waals surface area contributed by atoms with Crippen molar-refractivity contribution >= 4 is 11.9 Å². The standard InChI is InChI=1S/C42H38O13/c43-33-31(23-51-39(49)29-19-15-27(16-20-29)13-11-25-7-3-1-4-8-25)53-41(37(47)35(33)45)55-42-38(48)36(46)34(44)32(54-42)24-52-40(50)30-21-17-28(18-22-30)14-12-26-9-5-2-6-10-26/h1-10,15-22,31-38,41-48H,23-24H2/t31-,32-,33-,34-,35+,36+,37-,38-,41-,42-/m1/s1. The van der Waals surface area contributed by atoms with Crippen LogP contribution < -0.4 is 0 Å². The fourth-order valence-corrected chi connectivity index (χ4v) is 5.66. The van der Waals surface area contributed by atoms with Gasteiger partial charge in [0.15, 0.2) is 12.6 Å². The van der Waals surface area contributed by atoms with Gasteiger partial charge in [0.1, 0.15) is 62.0 Å². The second-order valence-corrected chi connectivity index (χ2v) is 12.7. The van der Waals surface area contributed by atoms with Crippen molar-refractivity contribution < 1.29 is 63.9 Å². The van der Waals surface area contributed by atoms with Gasteiger partial charge in [0.25, 0.3) is 0 Å². The Bertz CT molecular complexity index is 1870. The van der Waals surface area contributed by atoms with Crippen LogP contribution in [0.15, 0.2) is 109 Å². The van der Waals surface area contributed by atoms with E-state index in [0.29, 0.717) is 11.1 Å². The first-order chi connectivity index (χ1) is 26.6. The molecule has 284 valence electrons. The van der Waals surface area contributed by atoms with Crippen molar-refractivity contribution in [3.63, 3.8) is 0 Å². The van der Waals surface area contributed by atoms with Gasteiger partial charge in [0.2, 0.25) is 0 Å². The summed E-state index contributed by atoms with van der Waals surface area (Å²) >= 11 is 0. The number of rotatable bonds is 8. The predicted molar refractivity (Wildman–Crippen MR) is 193 cm³/mol. The molecule has 0 saturated carbocycles. The molecule has 0 aliphatic carbocycles. The van der Waals surface area contributed by atoms with Crippen molar-refractivity contribution in [2.75, 3.05) is 13.2 Å². The third-order valence-corrected chi connectivity index (χ3v) is 8.85. The highest BCUT2D eigenvalue weighted by molar-refractivity contribution is 5.90. The Balaban J connectivity index is 1.02. The maximum absolute atomic E-state index is 12.8. The van der Waals surface area contributed by atoms with Gasteiger partial charge in [-0.1, -0.05) is 60.1 Å². The Morgan fingerprint density at radius 3 is 1.13 bits per heavy atom. The fraction of sp³-hybridized carbons (Fsp3) is 0.286. The first-order valence-electron chi connectivity index (χ1n) is 17.3. The number of carbonyl (C=O) groups excluding carboxylic acids is 2. The molecule has 4 aromatic rings. The summed E-state index contributed by atoms with van der Waals surface area (Å²) in [7, 11) is 0. The lowest BCUT2D eigenvalue weighted by Crippen LogP contribution is -2.64. The smallest absolute Gasteiger partial charge is 0.338 e. The minimum absolute atomic E-state index is 0.173. The summed E-state index contributed by atoms with van der Waals surface area (Å²) in [4.78, 5) is 25.6. The van der Waals surface area contributed by atoms with E-state index < -0.39 is 86.6 Å². The van der Waals surface area contributed by atoms with Crippen LogP contribution in [0.5, 0.6) is 0 Å². The second-order valence-electron chi connectivity index (χ2n) is 12.7. The maximum Gasteiger partial charge on any atom is 0.338 e. The SMILES string of the molecule is O=C(OC[C@H]1O[C@H](O[C@H]2O[C@H](COC(=O)c3ccc(C#Cc4ccccc4)cc3)[C@@H](O)[C@H](O)[C@H]2O)[C@H](O)[C@@H](O)[C@@H]1O)c1ccc(C#Cc2ccccc2)cc1. The van der Waals surface area contributed by atoms with Crippen LogP contribution in [-0.4, -0.2) is 117 Å². The Labute approximate surface area is 316 Å². The third-order valence-electron chi connectivity index (χ3n) is 8.85. The highest BCUT2D eigenvalue weighted by Crippen LogP contribution is 2.29. The Morgan fingerprint density at radius 2 is 0.782 bits per heavy atom. The quantitative estimate of drug-likeness (QED) is 0.111. The number of aliphatic hydroxyl groups is 6. The summed E-state index contributed by atoms with van der Waals surface area (Å²) in [6.07, 6.45) is -17.3. The van der Waals surface area contributed by atoms with Crippen molar-refractivity contribution in [3.8, 4) is 23.7 Å². The van der Waals surface area contributed by atoms with Crippen molar-refractivity contribution in [3.05, 3.63) is 143 Å². The van der Waals surface area contributed by atoms with Crippen molar-refractivity contribution in [2.45, 2.75) is 61.4 Å². The zero-order chi connectivity index (χ0) is 38.9. The number of hydrogen-bond donors (Lipinski definition) is 6. The lowest BCUT2D eigenvalue weighted by molar-refractivity contribution is -0.376. The summed E-state index contributed by atoms with van der Waals surface area (Å²) in [5.74, 6) is 10.5. The molecule has 2 aliphatic rings. The van der Waals surface area contributed by atoms with E-state index in [1.807, 2.05) is 60.7 Å². The summed E-state index contributed by atoms with van der Waals surface area (Å²) in [6, 6.07) is 31.3. The molecule has 0 radical (unpaired) electrons. The molecule has 2 fully saturated rings. The normalized spacial score (nSPS) is 27.4. The molecule has 10 atom stereocenters. The van der Waals surface area contributed by atoms with Gasteiger partial charge >= 0.3 is 11.9 Å². The molecular formula is C42H38O13. The van der Waals surface area contributed by atoms with Crippen LogP contribution in [0.4, 0.5) is 0 Å². The molecule has 6 N–H and O–H groups in total. The zero-order valence-electron chi connectivity index (χ0n) is 29.1. The Kier molecular flexibility index (Phi) is 13.0. The summed E-state index contributed by atoms with van der Waals surface area (Å²) in [5.41, 5.74) is 3.32. The van der Waals surface area contributed by atoms with Gasteiger partial charge in [0, 0.05) is 22.3 Å². The summed E-state index contributed by atoms with van der Waals surface area (Å²) in [6.45, 7) is -1.15. The first kappa shape index (κ1) is 39.3. The van der Waals surface area contributed by atoms with Gasteiger partial charge < -0.3 is 54.3 Å². The van der Waals surface area contributed by atoms with Crippen LogP contribution in [0.1, 0.15) is 43.0 Å².